The van der Waals surface area contributed by atoms with E-state index in [9.17, 15) is 19.5 Å². The zero-order valence-electron chi connectivity index (χ0n) is 14.9. The largest absolute Gasteiger partial charge is 0.454 e. The van der Waals surface area contributed by atoms with Crippen LogP contribution in [0.3, 0.4) is 0 Å². The molecule has 2 unspecified atom stereocenters. The highest BCUT2D eigenvalue weighted by Crippen LogP contribution is 2.36. The number of fused-ring (bicyclic) bond motifs is 1. The number of hydrogen-bond acceptors (Lipinski definition) is 6. The van der Waals surface area contributed by atoms with Crippen molar-refractivity contribution in [2.24, 2.45) is 5.92 Å². The SMILES string of the molecule is C=C1C(=O)OC2C=C(CO)CCC=C(C=O)C=C(OC(=O)C(C)=CC)C12. The smallest absolute Gasteiger partial charge is 0.338 e. The zero-order valence-corrected chi connectivity index (χ0v) is 14.9. The minimum absolute atomic E-state index is 0.117. The Labute approximate surface area is 152 Å². The maximum absolute atomic E-state index is 12.2. The third-order valence-electron chi connectivity index (χ3n) is 4.37. The molecular weight excluding hydrogens is 336 g/mol. The Morgan fingerprint density at radius 2 is 2.23 bits per heavy atom. The fraction of sp³-hybridized carbons (Fsp3) is 0.350. The van der Waals surface area contributed by atoms with Crippen molar-refractivity contribution in [2.75, 3.05) is 6.61 Å². The van der Waals surface area contributed by atoms with Crippen LogP contribution in [0, 0.1) is 5.92 Å². The van der Waals surface area contributed by atoms with E-state index in [1.54, 1.807) is 32.1 Å². The van der Waals surface area contributed by atoms with Gasteiger partial charge in [0, 0.05) is 16.7 Å². The first-order valence-corrected chi connectivity index (χ1v) is 8.33. The van der Waals surface area contributed by atoms with E-state index in [2.05, 4.69) is 6.58 Å². The van der Waals surface area contributed by atoms with Gasteiger partial charge < -0.3 is 14.6 Å². The van der Waals surface area contributed by atoms with Crippen LogP contribution in [0.4, 0.5) is 0 Å². The fourth-order valence-electron chi connectivity index (χ4n) is 2.72. The van der Waals surface area contributed by atoms with Crippen molar-refractivity contribution in [1.82, 2.24) is 0 Å². The predicted molar refractivity (Wildman–Crippen MR) is 94.7 cm³/mol. The van der Waals surface area contributed by atoms with Crippen molar-refractivity contribution in [2.45, 2.75) is 32.8 Å². The molecule has 1 fully saturated rings. The molecule has 6 nitrogen and oxygen atoms in total. The van der Waals surface area contributed by atoms with Crippen LogP contribution in [0.5, 0.6) is 0 Å². The second kappa shape index (κ2) is 8.58. The van der Waals surface area contributed by atoms with Crippen molar-refractivity contribution in [3.8, 4) is 0 Å². The molecule has 1 N–H and O–H groups in total. The van der Waals surface area contributed by atoms with Gasteiger partial charge in [0.25, 0.3) is 0 Å². The summed E-state index contributed by atoms with van der Waals surface area (Å²) in [7, 11) is 0. The molecule has 1 aliphatic heterocycles. The van der Waals surface area contributed by atoms with E-state index in [0.29, 0.717) is 35.8 Å². The third-order valence-corrected chi connectivity index (χ3v) is 4.37. The van der Waals surface area contributed by atoms with Gasteiger partial charge in [0.15, 0.2) is 0 Å². The van der Waals surface area contributed by atoms with E-state index in [-0.39, 0.29) is 17.9 Å². The normalized spacial score (nSPS) is 24.0. The Balaban J connectivity index is 2.55. The van der Waals surface area contributed by atoms with Crippen LogP contribution >= 0.6 is 0 Å². The second-order valence-corrected chi connectivity index (χ2v) is 6.12. The van der Waals surface area contributed by atoms with Gasteiger partial charge in [-0.3, -0.25) is 4.79 Å². The van der Waals surface area contributed by atoms with Crippen LogP contribution in [0.1, 0.15) is 26.7 Å². The second-order valence-electron chi connectivity index (χ2n) is 6.12. The highest BCUT2D eigenvalue weighted by molar-refractivity contribution is 5.93. The van der Waals surface area contributed by atoms with Gasteiger partial charge in [0.05, 0.1) is 12.5 Å². The number of ether oxygens (including phenoxy) is 2. The summed E-state index contributed by atoms with van der Waals surface area (Å²) in [6.45, 7) is 6.86. The summed E-state index contributed by atoms with van der Waals surface area (Å²) in [6.07, 6.45) is 7.31. The molecule has 1 saturated heterocycles. The van der Waals surface area contributed by atoms with Crippen LogP contribution in [0.2, 0.25) is 0 Å². The Bertz CT molecular complexity index is 750. The number of aldehydes is 1. The number of carbonyl (C=O) groups excluding carboxylic acids is 3. The Morgan fingerprint density at radius 3 is 2.85 bits per heavy atom. The molecular formula is C20H22O6. The van der Waals surface area contributed by atoms with Crippen LogP contribution in [0.15, 0.2) is 58.9 Å². The molecule has 0 spiro atoms. The Hall–Kier alpha value is -2.73. The van der Waals surface area contributed by atoms with E-state index in [4.69, 9.17) is 9.47 Å². The molecule has 0 saturated carbocycles. The van der Waals surface area contributed by atoms with Gasteiger partial charge in [0.1, 0.15) is 18.1 Å². The maximum Gasteiger partial charge on any atom is 0.338 e. The molecule has 0 amide bonds. The van der Waals surface area contributed by atoms with Gasteiger partial charge in [-0.05, 0) is 44.4 Å². The van der Waals surface area contributed by atoms with Crippen LogP contribution in [-0.2, 0) is 23.9 Å². The van der Waals surface area contributed by atoms with Gasteiger partial charge in [-0.2, -0.15) is 0 Å². The number of aliphatic hydroxyl groups is 1. The lowest BCUT2D eigenvalue weighted by Crippen LogP contribution is -2.22. The first kappa shape index (κ1) is 19.6. The number of hydrogen-bond donors (Lipinski definition) is 1. The fourth-order valence-corrected chi connectivity index (χ4v) is 2.72. The summed E-state index contributed by atoms with van der Waals surface area (Å²) in [5.74, 6) is -1.82. The molecule has 0 radical (unpaired) electrons. The average Bonchev–Trinajstić information content (AvgIpc) is 2.91. The van der Waals surface area contributed by atoms with E-state index in [0.717, 1.165) is 0 Å². The number of esters is 2. The molecule has 1 heterocycles. The van der Waals surface area contributed by atoms with Gasteiger partial charge in [0.2, 0.25) is 0 Å². The third kappa shape index (κ3) is 4.26. The van der Waals surface area contributed by atoms with Crippen molar-refractivity contribution >= 4 is 18.2 Å². The summed E-state index contributed by atoms with van der Waals surface area (Å²) in [5.41, 5.74) is 1.50. The number of carbonyl (C=O) groups is 3. The minimum atomic E-state index is -0.756. The summed E-state index contributed by atoms with van der Waals surface area (Å²) in [5, 5.41) is 9.53. The molecule has 138 valence electrons. The van der Waals surface area contributed by atoms with Gasteiger partial charge in [-0.15, -0.1) is 0 Å². The Morgan fingerprint density at radius 1 is 1.50 bits per heavy atom. The van der Waals surface area contributed by atoms with E-state index in [1.807, 2.05) is 0 Å². The number of allylic oxidation sites excluding steroid dienone is 4. The quantitative estimate of drug-likeness (QED) is 0.359. The van der Waals surface area contributed by atoms with Crippen molar-refractivity contribution in [3.63, 3.8) is 0 Å². The average molecular weight is 358 g/mol. The standard InChI is InChI=1S/C20H22O6/c1-4-12(2)19(23)25-16-8-14(10-21)6-5-7-15(11-22)9-17-18(16)13(3)20(24)26-17/h4,6,8-10,17-18,22H,3,5,7,11H2,1-2H3. The first-order valence-electron chi connectivity index (χ1n) is 8.33. The van der Waals surface area contributed by atoms with E-state index < -0.39 is 24.0 Å². The predicted octanol–water partition coefficient (Wildman–Crippen LogP) is 2.32. The van der Waals surface area contributed by atoms with Crippen molar-refractivity contribution < 1.29 is 29.0 Å². The molecule has 0 aromatic rings. The summed E-state index contributed by atoms with van der Waals surface area (Å²) < 4.78 is 10.8. The van der Waals surface area contributed by atoms with Crippen LogP contribution in [0.25, 0.3) is 0 Å². The first-order chi connectivity index (χ1) is 12.4. The summed E-state index contributed by atoms with van der Waals surface area (Å²) in [4.78, 5) is 35.6. The van der Waals surface area contributed by atoms with Gasteiger partial charge in [-0.1, -0.05) is 18.7 Å². The molecule has 0 aromatic carbocycles. The number of rotatable bonds is 4. The van der Waals surface area contributed by atoms with Crippen LogP contribution < -0.4 is 0 Å². The lowest BCUT2D eigenvalue weighted by molar-refractivity contribution is -0.137. The molecule has 2 atom stereocenters. The van der Waals surface area contributed by atoms with Crippen LogP contribution in [-0.4, -0.2) is 36.0 Å². The van der Waals surface area contributed by atoms with Crippen molar-refractivity contribution in [1.29, 1.82) is 0 Å². The topological polar surface area (TPSA) is 89.9 Å². The lowest BCUT2D eigenvalue weighted by atomic mass is 9.90. The molecule has 2 aliphatic rings. The molecule has 0 aromatic heterocycles. The maximum atomic E-state index is 12.2. The van der Waals surface area contributed by atoms with Gasteiger partial charge >= 0.3 is 11.9 Å². The molecule has 6 heteroatoms. The van der Waals surface area contributed by atoms with Crippen molar-refractivity contribution in [3.05, 3.63) is 58.9 Å². The monoisotopic (exact) mass is 358 g/mol. The lowest BCUT2D eigenvalue weighted by Gasteiger charge is -2.20. The molecule has 0 bridgehead atoms. The highest BCUT2D eigenvalue weighted by atomic mass is 16.6. The molecule has 1 aliphatic carbocycles. The highest BCUT2D eigenvalue weighted by Gasteiger charge is 2.42. The zero-order chi connectivity index (χ0) is 19.3. The van der Waals surface area contributed by atoms with E-state index in [1.165, 1.54) is 6.08 Å². The Kier molecular flexibility index (Phi) is 6.46. The summed E-state index contributed by atoms with van der Waals surface area (Å²) in [6, 6.07) is 0. The summed E-state index contributed by atoms with van der Waals surface area (Å²) >= 11 is 0. The number of aliphatic hydroxyl groups excluding tert-OH is 1. The van der Waals surface area contributed by atoms with Gasteiger partial charge in [-0.25, -0.2) is 9.59 Å². The molecule has 26 heavy (non-hydrogen) atoms. The minimum Gasteiger partial charge on any atom is -0.454 e. The molecule has 2 rings (SSSR count). The van der Waals surface area contributed by atoms with E-state index >= 15 is 0 Å².